The minimum atomic E-state index is -0.531. The fourth-order valence-corrected chi connectivity index (χ4v) is 3.23. The predicted molar refractivity (Wildman–Crippen MR) is 76.5 cm³/mol. The van der Waals surface area contributed by atoms with Crippen LogP contribution in [0, 0.1) is 5.82 Å². The Kier molecular flexibility index (Phi) is 3.40. The van der Waals surface area contributed by atoms with Crippen LogP contribution in [0.25, 0.3) is 6.08 Å². The number of aliphatic hydroxyl groups excluding tert-OH is 1. The maximum absolute atomic E-state index is 12.9. The molecule has 1 aliphatic rings. The van der Waals surface area contributed by atoms with E-state index in [4.69, 9.17) is 0 Å². The molecular formula is C16H13FOS. The molecular weight excluding hydrogens is 259 g/mol. The van der Waals surface area contributed by atoms with Gasteiger partial charge in [0.25, 0.3) is 0 Å². The summed E-state index contributed by atoms with van der Waals surface area (Å²) in [5, 5.41) is 10.3. The van der Waals surface area contributed by atoms with Crippen molar-refractivity contribution in [3.05, 3.63) is 71.6 Å². The van der Waals surface area contributed by atoms with E-state index in [9.17, 15) is 9.50 Å². The third-order valence-electron chi connectivity index (χ3n) is 3.18. The van der Waals surface area contributed by atoms with Crippen LogP contribution >= 0.6 is 11.8 Å². The molecule has 0 saturated heterocycles. The average Bonchev–Trinajstić information content (AvgIpc) is 2.45. The molecule has 1 aliphatic carbocycles. The zero-order chi connectivity index (χ0) is 13.2. The minimum Gasteiger partial charge on any atom is -0.387 e. The highest BCUT2D eigenvalue weighted by atomic mass is 32.2. The van der Waals surface area contributed by atoms with Crippen LogP contribution in [0.3, 0.4) is 0 Å². The molecule has 96 valence electrons. The van der Waals surface area contributed by atoms with Crippen molar-refractivity contribution in [2.45, 2.75) is 16.2 Å². The maximum atomic E-state index is 12.9. The van der Waals surface area contributed by atoms with Gasteiger partial charge < -0.3 is 5.11 Å². The lowest BCUT2D eigenvalue weighted by Crippen LogP contribution is -2.16. The predicted octanol–water partition coefficient (Wildman–Crippen LogP) is 4.05. The lowest BCUT2D eigenvalue weighted by atomic mass is 9.95. The molecule has 19 heavy (non-hydrogen) atoms. The normalized spacial score (nSPS) is 21.2. The van der Waals surface area contributed by atoms with Gasteiger partial charge in [-0.1, -0.05) is 36.4 Å². The molecule has 2 atom stereocenters. The summed E-state index contributed by atoms with van der Waals surface area (Å²) in [6.07, 6.45) is 3.50. The van der Waals surface area contributed by atoms with E-state index in [-0.39, 0.29) is 11.1 Å². The van der Waals surface area contributed by atoms with E-state index in [1.165, 1.54) is 12.1 Å². The molecule has 1 N–H and O–H groups in total. The molecule has 3 rings (SSSR count). The Balaban J connectivity index is 1.83. The van der Waals surface area contributed by atoms with Gasteiger partial charge in [0.05, 0.1) is 11.4 Å². The third-order valence-corrected chi connectivity index (χ3v) is 4.41. The molecule has 0 radical (unpaired) electrons. The van der Waals surface area contributed by atoms with Gasteiger partial charge in [-0.05, 0) is 35.4 Å². The van der Waals surface area contributed by atoms with Crippen LogP contribution in [-0.2, 0) is 0 Å². The van der Waals surface area contributed by atoms with Gasteiger partial charge in [-0.15, -0.1) is 11.8 Å². The summed E-state index contributed by atoms with van der Waals surface area (Å²) < 4.78 is 12.9. The molecule has 0 unspecified atom stereocenters. The summed E-state index contributed by atoms with van der Waals surface area (Å²) in [7, 11) is 0. The van der Waals surface area contributed by atoms with Crippen molar-refractivity contribution >= 4 is 17.8 Å². The lowest BCUT2D eigenvalue weighted by Gasteiger charge is -2.25. The van der Waals surface area contributed by atoms with Gasteiger partial charge in [0.2, 0.25) is 0 Å². The number of aliphatic hydroxyl groups is 1. The molecule has 0 bridgehead atoms. The first-order valence-corrected chi connectivity index (χ1v) is 6.99. The SMILES string of the molecule is O[C@@H]1c2ccccc2C=C[C@H]1Sc1ccc(F)cc1. The van der Waals surface area contributed by atoms with Crippen molar-refractivity contribution in [2.24, 2.45) is 0 Å². The van der Waals surface area contributed by atoms with Crippen molar-refractivity contribution in [3.63, 3.8) is 0 Å². The topological polar surface area (TPSA) is 20.2 Å². The first-order valence-electron chi connectivity index (χ1n) is 6.11. The van der Waals surface area contributed by atoms with Crippen molar-refractivity contribution < 1.29 is 9.50 Å². The Morgan fingerprint density at radius 1 is 1.00 bits per heavy atom. The lowest BCUT2D eigenvalue weighted by molar-refractivity contribution is 0.185. The van der Waals surface area contributed by atoms with Crippen molar-refractivity contribution in [2.75, 3.05) is 0 Å². The number of thioether (sulfide) groups is 1. The molecule has 0 aromatic heterocycles. The first kappa shape index (κ1) is 12.5. The number of fused-ring (bicyclic) bond motifs is 1. The number of hydrogen-bond donors (Lipinski definition) is 1. The number of rotatable bonds is 2. The highest BCUT2D eigenvalue weighted by Crippen LogP contribution is 2.37. The third kappa shape index (κ3) is 2.57. The quantitative estimate of drug-likeness (QED) is 0.890. The highest BCUT2D eigenvalue weighted by Gasteiger charge is 2.24. The second-order valence-electron chi connectivity index (χ2n) is 4.47. The molecule has 0 heterocycles. The standard InChI is InChI=1S/C16H13FOS/c17-12-6-8-13(9-7-12)19-15-10-5-11-3-1-2-4-14(11)16(15)18/h1-10,15-16,18H/t15-,16-/m1/s1. The molecule has 3 heteroatoms. The van der Waals surface area contributed by atoms with Crippen molar-refractivity contribution in [1.82, 2.24) is 0 Å². The maximum Gasteiger partial charge on any atom is 0.123 e. The van der Waals surface area contributed by atoms with Crippen LogP contribution in [0.5, 0.6) is 0 Å². The number of halogens is 1. The summed E-state index contributed by atoms with van der Waals surface area (Å²) in [6, 6.07) is 14.2. The zero-order valence-corrected chi connectivity index (χ0v) is 11.0. The number of hydrogen-bond acceptors (Lipinski definition) is 2. The monoisotopic (exact) mass is 272 g/mol. The smallest absolute Gasteiger partial charge is 0.123 e. The van der Waals surface area contributed by atoms with Gasteiger partial charge in [0, 0.05) is 4.90 Å². The summed E-state index contributed by atoms with van der Waals surface area (Å²) in [5.74, 6) is -0.241. The van der Waals surface area contributed by atoms with E-state index in [0.717, 1.165) is 16.0 Å². The fraction of sp³-hybridized carbons (Fsp3) is 0.125. The summed E-state index contributed by atoms with van der Waals surface area (Å²) in [5.41, 5.74) is 2.01. The fourth-order valence-electron chi connectivity index (χ4n) is 2.19. The van der Waals surface area contributed by atoms with Crippen LogP contribution in [0.4, 0.5) is 4.39 Å². The summed E-state index contributed by atoms with van der Waals surface area (Å²) in [4.78, 5) is 0.953. The molecule has 2 aromatic carbocycles. The van der Waals surface area contributed by atoms with E-state index in [1.54, 1.807) is 23.9 Å². The minimum absolute atomic E-state index is 0.0413. The molecule has 2 aromatic rings. The van der Waals surface area contributed by atoms with Gasteiger partial charge in [-0.2, -0.15) is 0 Å². The van der Waals surface area contributed by atoms with Gasteiger partial charge in [-0.3, -0.25) is 0 Å². The largest absolute Gasteiger partial charge is 0.387 e. The van der Waals surface area contributed by atoms with Gasteiger partial charge in [0.1, 0.15) is 5.82 Å². The Morgan fingerprint density at radius 3 is 2.53 bits per heavy atom. The van der Waals surface area contributed by atoms with Crippen LogP contribution in [0.1, 0.15) is 17.2 Å². The van der Waals surface area contributed by atoms with Crippen molar-refractivity contribution in [3.8, 4) is 0 Å². The van der Waals surface area contributed by atoms with Gasteiger partial charge in [0.15, 0.2) is 0 Å². The van der Waals surface area contributed by atoms with E-state index >= 15 is 0 Å². The second kappa shape index (κ2) is 5.19. The highest BCUT2D eigenvalue weighted by molar-refractivity contribution is 8.00. The molecule has 0 aliphatic heterocycles. The van der Waals surface area contributed by atoms with Gasteiger partial charge >= 0.3 is 0 Å². The zero-order valence-electron chi connectivity index (χ0n) is 10.2. The molecule has 0 fully saturated rings. The molecule has 0 saturated carbocycles. The van der Waals surface area contributed by atoms with Crippen LogP contribution in [0.15, 0.2) is 59.5 Å². The number of benzene rings is 2. The molecule has 0 spiro atoms. The Hall–Kier alpha value is -1.58. The van der Waals surface area contributed by atoms with Crippen LogP contribution in [0.2, 0.25) is 0 Å². The van der Waals surface area contributed by atoms with Gasteiger partial charge in [-0.25, -0.2) is 4.39 Å². The van der Waals surface area contributed by atoms with E-state index < -0.39 is 6.10 Å². The molecule has 1 nitrogen and oxygen atoms in total. The first-order chi connectivity index (χ1) is 9.24. The average molecular weight is 272 g/mol. The Morgan fingerprint density at radius 2 is 1.74 bits per heavy atom. The van der Waals surface area contributed by atoms with Crippen LogP contribution < -0.4 is 0 Å². The summed E-state index contributed by atoms with van der Waals surface area (Å²) in [6.45, 7) is 0. The second-order valence-corrected chi connectivity index (χ2v) is 5.72. The van der Waals surface area contributed by atoms with E-state index in [2.05, 4.69) is 0 Å². The van der Waals surface area contributed by atoms with Crippen molar-refractivity contribution in [1.29, 1.82) is 0 Å². The van der Waals surface area contributed by atoms with E-state index in [1.807, 2.05) is 36.4 Å². The molecule has 0 amide bonds. The Labute approximate surface area is 115 Å². The van der Waals surface area contributed by atoms with E-state index in [0.29, 0.717) is 0 Å². The Bertz CT molecular complexity index is 606. The van der Waals surface area contributed by atoms with Crippen LogP contribution in [-0.4, -0.2) is 10.4 Å². The summed E-state index contributed by atoms with van der Waals surface area (Å²) >= 11 is 1.54.